The zero-order valence-electron chi connectivity index (χ0n) is 11.4. The summed E-state index contributed by atoms with van der Waals surface area (Å²) in [7, 11) is 0. The van der Waals surface area contributed by atoms with Gasteiger partial charge < -0.3 is 0 Å². The zero-order valence-corrected chi connectivity index (χ0v) is 13.0. The highest BCUT2D eigenvalue weighted by atomic mass is 79.9. The summed E-state index contributed by atoms with van der Waals surface area (Å²) >= 11 is 3.72. The van der Waals surface area contributed by atoms with Crippen LogP contribution < -0.4 is 0 Å². The smallest absolute Gasteiger partial charge is 0.0260 e. The van der Waals surface area contributed by atoms with E-state index in [0.29, 0.717) is 0 Å². The Labute approximate surface area is 132 Å². The van der Waals surface area contributed by atoms with Gasteiger partial charge in [0.1, 0.15) is 0 Å². The maximum absolute atomic E-state index is 3.72. The fraction of sp³-hybridized carbons (Fsp3) is 0. The number of halogens is 1. The van der Waals surface area contributed by atoms with Crippen molar-refractivity contribution in [3.63, 3.8) is 0 Å². The van der Waals surface area contributed by atoms with Crippen LogP contribution in [0.1, 0.15) is 0 Å². The Morgan fingerprint density at radius 1 is 0.524 bits per heavy atom. The Bertz CT molecular complexity index is 940. The number of hydrogen-bond donors (Lipinski definition) is 0. The van der Waals surface area contributed by atoms with Gasteiger partial charge in [-0.3, -0.25) is 0 Å². The van der Waals surface area contributed by atoms with Crippen molar-refractivity contribution in [2.45, 2.75) is 0 Å². The third kappa shape index (κ3) is 2.05. The molecular weight excluding hydrogens is 320 g/mol. The lowest BCUT2D eigenvalue weighted by Crippen LogP contribution is -1.85. The van der Waals surface area contributed by atoms with Gasteiger partial charge in [0, 0.05) is 10.0 Å². The summed E-state index contributed by atoms with van der Waals surface area (Å²) in [6, 6.07) is 27.9. The van der Waals surface area contributed by atoms with Crippen LogP contribution >= 0.6 is 15.9 Å². The Morgan fingerprint density at radius 3 is 2.10 bits per heavy atom. The van der Waals surface area contributed by atoms with Gasteiger partial charge in [0.15, 0.2) is 0 Å². The second-order valence-electron chi connectivity index (χ2n) is 5.17. The lowest BCUT2D eigenvalue weighted by atomic mass is 9.95. The molecule has 0 aliphatic heterocycles. The third-order valence-electron chi connectivity index (χ3n) is 3.94. The molecule has 0 aromatic heterocycles. The Kier molecular flexibility index (Phi) is 3.01. The van der Waals surface area contributed by atoms with E-state index in [4.69, 9.17) is 0 Å². The molecule has 0 spiro atoms. The molecule has 100 valence electrons. The van der Waals surface area contributed by atoms with Crippen molar-refractivity contribution in [3.8, 4) is 11.1 Å². The predicted octanol–water partition coefficient (Wildman–Crippen LogP) is 6.42. The Morgan fingerprint density at radius 2 is 1.24 bits per heavy atom. The van der Waals surface area contributed by atoms with Crippen LogP contribution in [0.2, 0.25) is 0 Å². The first kappa shape index (κ1) is 12.6. The van der Waals surface area contributed by atoms with Crippen LogP contribution in [0.15, 0.2) is 83.3 Å². The van der Waals surface area contributed by atoms with Gasteiger partial charge in [-0.25, -0.2) is 0 Å². The van der Waals surface area contributed by atoms with E-state index in [1.165, 1.54) is 32.7 Å². The van der Waals surface area contributed by atoms with Crippen LogP contribution in [0.3, 0.4) is 0 Å². The second-order valence-corrected chi connectivity index (χ2v) is 6.02. The van der Waals surface area contributed by atoms with E-state index in [0.717, 1.165) is 4.47 Å². The van der Waals surface area contributed by atoms with E-state index in [1.54, 1.807) is 0 Å². The molecule has 0 aliphatic rings. The second kappa shape index (κ2) is 5.01. The highest BCUT2D eigenvalue weighted by Crippen LogP contribution is 2.37. The van der Waals surface area contributed by atoms with Gasteiger partial charge in [-0.2, -0.15) is 0 Å². The van der Waals surface area contributed by atoms with Crippen molar-refractivity contribution < 1.29 is 0 Å². The largest absolute Gasteiger partial charge is 0.0622 e. The zero-order chi connectivity index (χ0) is 14.2. The summed E-state index contributed by atoms with van der Waals surface area (Å²) in [6.07, 6.45) is 0. The van der Waals surface area contributed by atoms with E-state index >= 15 is 0 Å². The maximum Gasteiger partial charge on any atom is 0.0260 e. The van der Waals surface area contributed by atoms with Gasteiger partial charge in [0.2, 0.25) is 0 Å². The van der Waals surface area contributed by atoms with Gasteiger partial charge in [0.05, 0.1) is 0 Å². The first-order valence-corrected chi connectivity index (χ1v) is 7.79. The monoisotopic (exact) mass is 332 g/mol. The van der Waals surface area contributed by atoms with Crippen molar-refractivity contribution >= 4 is 37.5 Å². The summed E-state index contributed by atoms with van der Waals surface area (Å²) in [6.45, 7) is 0. The molecule has 1 heteroatoms. The highest BCUT2D eigenvalue weighted by Gasteiger charge is 2.09. The molecule has 0 bridgehead atoms. The molecule has 0 fully saturated rings. The van der Waals surface area contributed by atoms with Crippen molar-refractivity contribution in [3.05, 3.63) is 83.3 Å². The van der Waals surface area contributed by atoms with Gasteiger partial charge in [0.25, 0.3) is 0 Å². The van der Waals surface area contributed by atoms with E-state index < -0.39 is 0 Å². The molecule has 0 aliphatic carbocycles. The molecule has 0 unspecified atom stereocenters. The average Bonchev–Trinajstić information content (AvgIpc) is 2.55. The van der Waals surface area contributed by atoms with Crippen LogP contribution in [0.25, 0.3) is 32.7 Å². The normalized spacial score (nSPS) is 11.1. The van der Waals surface area contributed by atoms with Gasteiger partial charge in [-0.1, -0.05) is 88.7 Å². The fourth-order valence-corrected chi connectivity index (χ4v) is 3.53. The van der Waals surface area contributed by atoms with E-state index in [9.17, 15) is 0 Å². The summed E-state index contributed by atoms with van der Waals surface area (Å²) in [4.78, 5) is 0. The van der Waals surface area contributed by atoms with E-state index in [-0.39, 0.29) is 0 Å². The van der Waals surface area contributed by atoms with Crippen LogP contribution in [0.4, 0.5) is 0 Å². The summed E-state index contributed by atoms with van der Waals surface area (Å²) in [5.41, 5.74) is 2.50. The molecule has 0 nitrogen and oxygen atoms in total. The number of benzene rings is 4. The molecule has 0 saturated carbocycles. The number of hydrogen-bond acceptors (Lipinski definition) is 0. The van der Waals surface area contributed by atoms with Gasteiger partial charge in [-0.05, 0) is 33.2 Å². The molecule has 4 rings (SSSR count). The van der Waals surface area contributed by atoms with Crippen molar-refractivity contribution in [2.75, 3.05) is 0 Å². The quantitative estimate of drug-likeness (QED) is 0.352. The molecule has 0 N–H and O–H groups in total. The highest BCUT2D eigenvalue weighted by molar-refractivity contribution is 9.10. The minimum absolute atomic E-state index is 1.14. The molecule has 0 heterocycles. The molecule has 0 saturated heterocycles. The Hall–Kier alpha value is -2.12. The Balaban J connectivity index is 2.16. The molecule has 4 aromatic rings. The van der Waals surface area contributed by atoms with Crippen molar-refractivity contribution in [2.24, 2.45) is 0 Å². The lowest BCUT2D eigenvalue weighted by molar-refractivity contribution is 1.63. The molecule has 0 amide bonds. The number of fused-ring (bicyclic) bond motifs is 3. The van der Waals surface area contributed by atoms with Crippen molar-refractivity contribution in [1.29, 1.82) is 0 Å². The van der Waals surface area contributed by atoms with Crippen molar-refractivity contribution in [1.82, 2.24) is 0 Å². The standard InChI is InChI=1S/C20H13Br/c21-19-13-12-17-16-9-5-4-6-14(16)10-11-18(17)20(19)15-7-2-1-3-8-15/h1-13H. The topological polar surface area (TPSA) is 0 Å². The molecule has 0 atom stereocenters. The van der Waals surface area contributed by atoms with Gasteiger partial charge in [-0.15, -0.1) is 0 Å². The lowest BCUT2D eigenvalue weighted by Gasteiger charge is -2.11. The van der Waals surface area contributed by atoms with Gasteiger partial charge >= 0.3 is 0 Å². The number of rotatable bonds is 1. The fourth-order valence-electron chi connectivity index (χ4n) is 2.96. The summed E-state index contributed by atoms with van der Waals surface area (Å²) in [5.74, 6) is 0. The van der Waals surface area contributed by atoms with Crippen LogP contribution in [0, 0.1) is 0 Å². The summed E-state index contributed by atoms with van der Waals surface area (Å²) < 4.78 is 1.14. The molecule has 4 aromatic carbocycles. The average molecular weight is 333 g/mol. The third-order valence-corrected chi connectivity index (χ3v) is 4.60. The first-order valence-electron chi connectivity index (χ1n) is 7.00. The SMILES string of the molecule is Brc1ccc2c(ccc3ccccc32)c1-c1ccccc1. The predicted molar refractivity (Wildman–Crippen MR) is 94.6 cm³/mol. The molecular formula is C20H13Br. The summed E-state index contributed by atoms with van der Waals surface area (Å²) in [5, 5.41) is 5.18. The minimum Gasteiger partial charge on any atom is -0.0622 e. The first-order chi connectivity index (χ1) is 10.3. The van der Waals surface area contributed by atoms with Crippen LogP contribution in [0.5, 0.6) is 0 Å². The molecule has 21 heavy (non-hydrogen) atoms. The van der Waals surface area contributed by atoms with Crippen LogP contribution in [-0.2, 0) is 0 Å². The van der Waals surface area contributed by atoms with E-state index in [2.05, 4.69) is 94.8 Å². The molecule has 0 radical (unpaired) electrons. The van der Waals surface area contributed by atoms with Crippen LogP contribution in [-0.4, -0.2) is 0 Å². The minimum atomic E-state index is 1.14. The van der Waals surface area contributed by atoms with E-state index in [1.807, 2.05) is 0 Å². The maximum atomic E-state index is 3.72.